The van der Waals surface area contributed by atoms with E-state index in [0.29, 0.717) is 11.8 Å². The summed E-state index contributed by atoms with van der Waals surface area (Å²) >= 11 is 1.67. The molecule has 0 bridgehead atoms. The van der Waals surface area contributed by atoms with E-state index >= 15 is 0 Å². The van der Waals surface area contributed by atoms with Gasteiger partial charge in [-0.1, -0.05) is 13.3 Å². The van der Waals surface area contributed by atoms with Gasteiger partial charge in [-0.05, 0) is 74.0 Å². The van der Waals surface area contributed by atoms with Crippen LogP contribution in [0.2, 0.25) is 0 Å². The molecule has 4 rings (SSSR count). The number of thioether (sulfide) groups is 1. The number of aromatic nitrogens is 4. The molecule has 0 aromatic carbocycles. The maximum absolute atomic E-state index is 12.4. The summed E-state index contributed by atoms with van der Waals surface area (Å²) in [6.07, 6.45) is 17.2. The second-order valence-electron chi connectivity index (χ2n) is 8.49. The van der Waals surface area contributed by atoms with Crippen molar-refractivity contribution in [2.24, 2.45) is 11.8 Å². The van der Waals surface area contributed by atoms with Crippen molar-refractivity contribution in [3.05, 3.63) is 76.5 Å². The second kappa shape index (κ2) is 10.2. The van der Waals surface area contributed by atoms with Crippen LogP contribution in [-0.4, -0.2) is 25.8 Å². The van der Waals surface area contributed by atoms with Crippen molar-refractivity contribution < 1.29 is 0 Å². The molecule has 0 spiro atoms. The highest BCUT2D eigenvalue weighted by atomic mass is 32.2. The fraction of sp³-hybridized carbons (Fsp3) is 0.440. The monoisotopic (exact) mass is 434 g/mol. The van der Waals surface area contributed by atoms with E-state index in [2.05, 4.69) is 27.9 Å². The molecule has 1 fully saturated rings. The molecule has 1 saturated carbocycles. The predicted molar refractivity (Wildman–Crippen MR) is 126 cm³/mol. The van der Waals surface area contributed by atoms with Gasteiger partial charge in [-0.2, -0.15) is 0 Å². The van der Waals surface area contributed by atoms with Gasteiger partial charge in [0.15, 0.2) is 0 Å². The van der Waals surface area contributed by atoms with Gasteiger partial charge in [0.1, 0.15) is 5.82 Å². The molecule has 0 aliphatic heterocycles. The molecule has 0 N–H and O–H groups in total. The minimum Gasteiger partial charge on any atom is -0.283 e. The van der Waals surface area contributed by atoms with Crippen LogP contribution in [0.15, 0.2) is 58.7 Å². The highest BCUT2D eigenvalue weighted by Crippen LogP contribution is 2.34. The third-order valence-electron chi connectivity index (χ3n) is 6.15. The Morgan fingerprint density at radius 3 is 2.45 bits per heavy atom. The first-order valence-corrected chi connectivity index (χ1v) is 12.4. The summed E-state index contributed by atoms with van der Waals surface area (Å²) in [7, 11) is 0. The summed E-state index contributed by atoms with van der Waals surface area (Å²) in [5, 5.41) is 0. The number of hydrogen-bond acceptors (Lipinski definition) is 5. The van der Waals surface area contributed by atoms with E-state index in [1.54, 1.807) is 22.4 Å². The van der Waals surface area contributed by atoms with Crippen LogP contribution in [0.25, 0.3) is 5.69 Å². The topological polar surface area (TPSA) is 60.7 Å². The molecule has 5 nitrogen and oxygen atoms in total. The van der Waals surface area contributed by atoms with Crippen LogP contribution in [0.4, 0.5) is 0 Å². The van der Waals surface area contributed by atoms with Gasteiger partial charge in [0.25, 0.3) is 5.56 Å². The maximum atomic E-state index is 12.4. The van der Waals surface area contributed by atoms with Crippen molar-refractivity contribution in [1.82, 2.24) is 19.5 Å². The van der Waals surface area contributed by atoms with Crippen molar-refractivity contribution in [2.75, 3.05) is 6.26 Å². The molecular weight excluding hydrogens is 404 g/mol. The fourth-order valence-electron chi connectivity index (χ4n) is 4.51. The van der Waals surface area contributed by atoms with Crippen molar-refractivity contribution in [2.45, 2.75) is 56.8 Å². The molecule has 2 atom stereocenters. The van der Waals surface area contributed by atoms with Gasteiger partial charge in [-0.15, -0.1) is 11.8 Å². The van der Waals surface area contributed by atoms with Gasteiger partial charge in [0.2, 0.25) is 0 Å². The molecule has 0 amide bonds. The number of aryl methyl sites for hydroxylation is 1. The summed E-state index contributed by atoms with van der Waals surface area (Å²) in [4.78, 5) is 27.2. The normalized spacial score (nSPS) is 18.4. The molecule has 0 radical (unpaired) electrons. The zero-order valence-corrected chi connectivity index (χ0v) is 19.1. The van der Waals surface area contributed by atoms with Gasteiger partial charge in [0, 0.05) is 41.7 Å². The highest BCUT2D eigenvalue weighted by Gasteiger charge is 2.26. The van der Waals surface area contributed by atoms with Crippen molar-refractivity contribution in [3.63, 3.8) is 0 Å². The number of rotatable bonds is 8. The van der Waals surface area contributed by atoms with Crippen LogP contribution in [0.5, 0.6) is 0 Å². The van der Waals surface area contributed by atoms with E-state index < -0.39 is 0 Å². The Kier molecular flexibility index (Phi) is 7.17. The molecule has 1 aliphatic rings. The minimum atomic E-state index is 0.00640. The highest BCUT2D eigenvalue weighted by molar-refractivity contribution is 7.98. The van der Waals surface area contributed by atoms with E-state index in [0.717, 1.165) is 53.3 Å². The first kappa shape index (κ1) is 21.8. The predicted octanol–water partition coefficient (Wildman–Crippen LogP) is 4.90. The van der Waals surface area contributed by atoms with E-state index in [4.69, 9.17) is 0 Å². The lowest BCUT2D eigenvalue weighted by Gasteiger charge is -2.12. The Labute approximate surface area is 188 Å². The summed E-state index contributed by atoms with van der Waals surface area (Å²) in [6, 6.07) is 7.83. The first-order valence-electron chi connectivity index (χ1n) is 11.2. The number of nitrogens with zero attached hydrogens (tertiary/aromatic N) is 4. The minimum absolute atomic E-state index is 0.00640. The zero-order chi connectivity index (χ0) is 21.6. The van der Waals surface area contributed by atoms with E-state index in [1.807, 2.05) is 43.2 Å². The number of pyridine rings is 2. The Hall–Kier alpha value is -2.47. The molecule has 0 unspecified atom stereocenters. The lowest BCUT2D eigenvalue weighted by atomic mass is 9.97. The average molecular weight is 435 g/mol. The molecule has 6 heteroatoms. The molecule has 3 heterocycles. The summed E-state index contributed by atoms with van der Waals surface area (Å²) in [5.74, 6) is 2.27. The zero-order valence-electron chi connectivity index (χ0n) is 18.3. The van der Waals surface area contributed by atoms with Crippen LogP contribution in [-0.2, 0) is 19.3 Å². The van der Waals surface area contributed by atoms with E-state index in [-0.39, 0.29) is 5.56 Å². The van der Waals surface area contributed by atoms with Gasteiger partial charge in [0.05, 0.1) is 11.9 Å². The second-order valence-corrected chi connectivity index (χ2v) is 9.37. The van der Waals surface area contributed by atoms with Crippen LogP contribution < -0.4 is 5.56 Å². The molecule has 1 aliphatic carbocycles. The third-order valence-corrected chi connectivity index (χ3v) is 6.83. The Bertz CT molecular complexity index is 1050. The Morgan fingerprint density at radius 2 is 1.81 bits per heavy atom. The van der Waals surface area contributed by atoms with Crippen LogP contribution in [0, 0.1) is 11.8 Å². The molecule has 162 valence electrons. The molecular formula is C25H30N4OS. The first-order chi connectivity index (χ1) is 15.1. The Morgan fingerprint density at radius 1 is 1.03 bits per heavy atom. The lowest BCUT2D eigenvalue weighted by Crippen LogP contribution is -2.17. The van der Waals surface area contributed by atoms with Crippen molar-refractivity contribution in [3.8, 4) is 5.69 Å². The van der Waals surface area contributed by atoms with Gasteiger partial charge in [-0.3, -0.25) is 14.3 Å². The van der Waals surface area contributed by atoms with E-state index in [1.165, 1.54) is 19.3 Å². The Balaban J connectivity index is 1.33. The van der Waals surface area contributed by atoms with Crippen LogP contribution in [0.1, 0.15) is 49.7 Å². The smallest absolute Gasteiger partial charge is 0.255 e. The molecule has 0 saturated heterocycles. The standard InChI is InChI=1S/C25H30N4OS/c1-3-4-18-9-10-29(25(30)14-18)22-8-7-21(26-15-22)12-19-5-6-20(11-19)13-24-27-16-23(31-2)17-28-24/h7-10,14-17,19-20H,3-6,11-13H2,1-2H3/t19-,20-/m0/s1. The average Bonchev–Trinajstić information content (AvgIpc) is 3.22. The van der Waals surface area contributed by atoms with Crippen molar-refractivity contribution >= 4 is 11.8 Å². The molecule has 3 aromatic heterocycles. The van der Waals surface area contributed by atoms with Gasteiger partial charge >= 0.3 is 0 Å². The van der Waals surface area contributed by atoms with Gasteiger partial charge < -0.3 is 0 Å². The third kappa shape index (κ3) is 5.62. The largest absolute Gasteiger partial charge is 0.283 e. The van der Waals surface area contributed by atoms with Crippen LogP contribution >= 0.6 is 11.8 Å². The molecule has 31 heavy (non-hydrogen) atoms. The quantitative estimate of drug-likeness (QED) is 0.472. The summed E-state index contributed by atoms with van der Waals surface area (Å²) < 4.78 is 1.67. The maximum Gasteiger partial charge on any atom is 0.255 e. The lowest BCUT2D eigenvalue weighted by molar-refractivity contribution is 0.476. The van der Waals surface area contributed by atoms with E-state index in [9.17, 15) is 4.79 Å². The number of hydrogen-bond donors (Lipinski definition) is 0. The van der Waals surface area contributed by atoms with Crippen molar-refractivity contribution in [1.29, 1.82) is 0 Å². The van der Waals surface area contributed by atoms with Gasteiger partial charge in [-0.25, -0.2) is 9.97 Å². The molecule has 3 aromatic rings. The SMILES string of the molecule is CCCc1ccn(-c2ccc(C[C@H]3CC[C@H](Cc4ncc(SC)cn4)C3)nc2)c(=O)c1. The summed E-state index contributed by atoms with van der Waals surface area (Å²) in [6.45, 7) is 2.12. The van der Waals surface area contributed by atoms with Crippen LogP contribution in [0.3, 0.4) is 0 Å². The fourth-order valence-corrected chi connectivity index (χ4v) is 4.83. The summed E-state index contributed by atoms with van der Waals surface area (Å²) in [5.41, 5.74) is 3.03.